The van der Waals surface area contributed by atoms with E-state index in [-0.39, 0.29) is 12.3 Å². The lowest BCUT2D eigenvalue weighted by molar-refractivity contribution is 0.00638. The summed E-state index contributed by atoms with van der Waals surface area (Å²) in [7, 11) is 0. The van der Waals surface area contributed by atoms with E-state index in [4.69, 9.17) is 14.6 Å². The number of esters is 1. The molecule has 1 heterocycles. The molecule has 1 aromatic heterocycles. The summed E-state index contributed by atoms with van der Waals surface area (Å²) in [5.74, 6) is 0.277. The van der Waals surface area contributed by atoms with E-state index in [0.29, 0.717) is 18.6 Å². The van der Waals surface area contributed by atoms with Gasteiger partial charge in [-0.25, -0.2) is 9.78 Å². The number of hydrogen-bond acceptors (Lipinski definition) is 5. The Balaban J connectivity index is 2.39. The van der Waals surface area contributed by atoms with Crippen LogP contribution in [0, 0.1) is 6.92 Å². The highest BCUT2D eigenvalue weighted by Gasteiger charge is 2.23. The summed E-state index contributed by atoms with van der Waals surface area (Å²) < 4.78 is 11.2. The van der Waals surface area contributed by atoms with Crippen LogP contribution in [0.3, 0.4) is 0 Å². The number of nitrogens with zero attached hydrogens (tertiary/aromatic N) is 1. The first kappa shape index (κ1) is 18.9. The average Bonchev–Trinajstić information content (AvgIpc) is 2.55. The second kappa shape index (κ2) is 8.12. The van der Waals surface area contributed by atoms with Crippen LogP contribution in [0.5, 0.6) is 5.75 Å². The number of ether oxygens (including phenoxy) is 2. The lowest BCUT2D eigenvalue weighted by Gasteiger charge is -2.20. The number of benzene rings is 1. The monoisotopic (exact) mass is 343 g/mol. The first-order chi connectivity index (χ1) is 11.8. The van der Waals surface area contributed by atoms with E-state index in [1.807, 2.05) is 52.0 Å². The van der Waals surface area contributed by atoms with Crippen molar-refractivity contribution in [3.63, 3.8) is 0 Å². The molecule has 0 atom stereocenters. The quantitative estimate of drug-likeness (QED) is 0.639. The first-order valence-corrected chi connectivity index (χ1v) is 8.35. The van der Waals surface area contributed by atoms with Crippen molar-refractivity contribution in [2.75, 3.05) is 13.2 Å². The third kappa shape index (κ3) is 5.03. The number of aromatic nitrogens is 1. The van der Waals surface area contributed by atoms with Crippen LogP contribution in [0.1, 0.15) is 43.2 Å². The van der Waals surface area contributed by atoms with Crippen LogP contribution in [0.2, 0.25) is 0 Å². The van der Waals surface area contributed by atoms with Crippen LogP contribution < -0.4 is 4.74 Å². The molecule has 0 aliphatic carbocycles. The van der Waals surface area contributed by atoms with Crippen LogP contribution in [0.25, 0.3) is 11.1 Å². The summed E-state index contributed by atoms with van der Waals surface area (Å²) in [6.45, 7) is 7.95. The molecule has 0 saturated heterocycles. The van der Waals surface area contributed by atoms with Gasteiger partial charge in [0.1, 0.15) is 11.4 Å². The van der Waals surface area contributed by atoms with Crippen LogP contribution in [-0.4, -0.2) is 34.9 Å². The molecule has 2 rings (SSSR count). The zero-order chi connectivity index (χ0) is 18.4. The summed E-state index contributed by atoms with van der Waals surface area (Å²) in [5.41, 5.74) is 2.19. The van der Waals surface area contributed by atoms with E-state index in [2.05, 4.69) is 4.98 Å². The fraction of sp³-hybridized carbons (Fsp3) is 0.400. The number of carbonyl (C=O) groups excluding carboxylic acids is 1. The average molecular weight is 343 g/mol. The Morgan fingerprint density at radius 1 is 1.16 bits per heavy atom. The molecule has 0 spiro atoms. The molecule has 0 saturated carbocycles. The minimum absolute atomic E-state index is 0.0874. The summed E-state index contributed by atoms with van der Waals surface area (Å²) in [6.07, 6.45) is 2.15. The Labute approximate surface area is 148 Å². The molecule has 0 unspecified atom stereocenters. The van der Waals surface area contributed by atoms with Crippen molar-refractivity contribution in [1.82, 2.24) is 4.98 Å². The number of aliphatic hydroxyl groups is 1. The van der Waals surface area contributed by atoms with Crippen molar-refractivity contribution >= 4 is 5.97 Å². The van der Waals surface area contributed by atoms with E-state index in [1.165, 1.54) is 0 Å². The normalized spacial score (nSPS) is 11.2. The second-order valence-corrected chi connectivity index (χ2v) is 6.76. The highest BCUT2D eigenvalue weighted by molar-refractivity contribution is 5.96. The Morgan fingerprint density at radius 3 is 2.56 bits per heavy atom. The Bertz CT molecular complexity index is 735. The molecule has 5 heteroatoms. The summed E-state index contributed by atoms with van der Waals surface area (Å²) >= 11 is 0. The van der Waals surface area contributed by atoms with Crippen molar-refractivity contribution in [3.8, 4) is 16.9 Å². The highest BCUT2D eigenvalue weighted by Crippen LogP contribution is 2.32. The molecule has 0 amide bonds. The molecular weight excluding hydrogens is 318 g/mol. The molecule has 1 N–H and O–H groups in total. The number of pyridine rings is 1. The van der Waals surface area contributed by atoms with Crippen LogP contribution >= 0.6 is 0 Å². The van der Waals surface area contributed by atoms with E-state index >= 15 is 0 Å². The van der Waals surface area contributed by atoms with Gasteiger partial charge in [0.25, 0.3) is 0 Å². The number of rotatable bonds is 6. The fourth-order valence-corrected chi connectivity index (χ4v) is 2.42. The van der Waals surface area contributed by atoms with E-state index in [9.17, 15) is 4.79 Å². The topological polar surface area (TPSA) is 68.7 Å². The molecule has 0 bridgehead atoms. The van der Waals surface area contributed by atoms with E-state index < -0.39 is 11.6 Å². The third-order valence-corrected chi connectivity index (χ3v) is 3.53. The van der Waals surface area contributed by atoms with Gasteiger partial charge < -0.3 is 14.6 Å². The zero-order valence-corrected chi connectivity index (χ0v) is 15.2. The van der Waals surface area contributed by atoms with Crippen molar-refractivity contribution in [2.24, 2.45) is 0 Å². The van der Waals surface area contributed by atoms with Crippen molar-refractivity contribution in [1.29, 1.82) is 0 Å². The molecule has 0 radical (unpaired) electrons. The van der Waals surface area contributed by atoms with Crippen molar-refractivity contribution in [3.05, 3.63) is 47.8 Å². The van der Waals surface area contributed by atoms with Gasteiger partial charge in [-0.15, -0.1) is 0 Å². The van der Waals surface area contributed by atoms with Gasteiger partial charge >= 0.3 is 5.97 Å². The predicted molar refractivity (Wildman–Crippen MR) is 96.8 cm³/mol. The minimum Gasteiger partial charge on any atom is -0.493 e. The molecule has 5 nitrogen and oxygen atoms in total. The number of aliphatic hydroxyl groups excluding tert-OH is 1. The summed E-state index contributed by atoms with van der Waals surface area (Å²) in [6, 6.07) is 9.33. The molecule has 2 aromatic rings. The molecule has 25 heavy (non-hydrogen) atoms. The first-order valence-electron chi connectivity index (χ1n) is 8.35. The Hall–Kier alpha value is -2.40. The molecular formula is C20H25NO4. The largest absolute Gasteiger partial charge is 0.493 e. The number of carbonyl (C=O) groups is 1. The van der Waals surface area contributed by atoms with Gasteiger partial charge in [0.2, 0.25) is 0 Å². The van der Waals surface area contributed by atoms with E-state index in [1.54, 1.807) is 12.3 Å². The summed E-state index contributed by atoms with van der Waals surface area (Å²) in [4.78, 5) is 16.8. The van der Waals surface area contributed by atoms with Gasteiger partial charge in [0.15, 0.2) is 5.69 Å². The highest BCUT2D eigenvalue weighted by atomic mass is 16.6. The SMILES string of the molecule is Cc1c(OCCCO)cccc1-c1cccnc1C(=O)OC(C)(C)C. The lowest BCUT2D eigenvalue weighted by Crippen LogP contribution is -2.24. The summed E-state index contributed by atoms with van der Waals surface area (Å²) in [5, 5.41) is 8.90. The van der Waals surface area contributed by atoms with Crippen LogP contribution in [0.15, 0.2) is 36.5 Å². The minimum atomic E-state index is -0.587. The number of hydrogen-bond donors (Lipinski definition) is 1. The van der Waals surface area contributed by atoms with Crippen LogP contribution in [-0.2, 0) is 4.74 Å². The predicted octanol–water partition coefficient (Wildman–Crippen LogP) is 3.77. The molecule has 0 fully saturated rings. The van der Waals surface area contributed by atoms with Gasteiger partial charge in [0.05, 0.1) is 6.61 Å². The van der Waals surface area contributed by atoms with Gasteiger partial charge in [-0.3, -0.25) is 0 Å². The van der Waals surface area contributed by atoms with Crippen molar-refractivity contribution < 1.29 is 19.4 Å². The standard InChI is InChI=1S/C20H25NO4/c1-14-15(8-5-10-17(14)24-13-7-12-22)16-9-6-11-21-18(16)19(23)25-20(2,3)4/h5-6,8-11,22H,7,12-13H2,1-4H3. The maximum Gasteiger partial charge on any atom is 0.358 e. The third-order valence-electron chi connectivity index (χ3n) is 3.53. The van der Waals surface area contributed by atoms with Gasteiger partial charge in [0, 0.05) is 24.8 Å². The molecule has 134 valence electrons. The van der Waals surface area contributed by atoms with Gasteiger partial charge in [-0.05, 0) is 51.0 Å². The maximum atomic E-state index is 12.5. The molecule has 0 aliphatic heterocycles. The molecule has 0 aliphatic rings. The van der Waals surface area contributed by atoms with Crippen molar-refractivity contribution in [2.45, 2.75) is 39.7 Å². The van der Waals surface area contributed by atoms with E-state index in [0.717, 1.165) is 16.9 Å². The maximum absolute atomic E-state index is 12.5. The van der Waals surface area contributed by atoms with Gasteiger partial charge in [-0.2, -0.15) is 0 Å². The fourth-order valence-electron chi connectivity index (χ4n) is 2.42. The Kier molecular flexibility index (Phi) is 6.15. The second-order valence-electron chi connectivity index (χ2n) is 6.76. The zero-order valence-electron chi connectivity index (χ0n) is 15.2. The lowest BCUT2D eigenvalue weighted by atomic mass is 9.98. The smallest absolute Gasteiger partial charge is 0.358 e. The van der Waals surface area contributed by atoms with Crippen LogP contribution in [0.4, 0.5) is 0 Å². The Morgan fingerprint density at radius 2 is 1.88 bits per heavy atom. The van der Waals surface area contributed by atoms with Gasteiger partial charge in [-0.1, -0.05) is 18.2 Å². The molecule has 1 aromatic carbocycles.